The molecule has 3 rings (SSSR count). The van der Waals surface area contributed by atoms with Gasteiger partial charge in [-0.05, 0) is 24.6 Å². The summed E-state index contributed by atoms with van der Waals surface area (Å²) in [6, 6.07) is 4.92. The fourth-order valence-electron chi connectivity index (χ4n) is 4.14. The number of benzene rings is 1. The van der Waals surface area contributed by atoms with Crippen molar-refractivity contribution in [2.45, 2.75) is 19.3 Å². The summed E-state index contributed by atoms with van der Waals surface area (Å²) in [4.78, 5) is 44.9. The van der Waals surface area contributed by atoms with E-state index in [1.165, 1.54) is 14.2 Å². The van der Waals surface area contributed by atoms with Crippen molar-refractivity contribution in [1.82, 2.24) is 10.2 Å². The second-order valence-electron chi connectivity index (χ2n) is 7.53. The molecule has 2 atom stereocenters. The Kier molecular flexibility index (Phi) is 7.92. The van der Waals surface area contributed by atoms with E-state index >= 15 is 0 Å². The van der Waals surface area contributed by atoms with E-state index in [0.717, 1.165) is 0 Å². The van der Waals surface area contributed by atoms with E-state index in [1.54, 1.807) is 30.0 Å². The summed E-state index contributed by atoms with van der Waals surface area (Å²) in [6.45, 7) is 4.17. The maximum Gasteiger partial charge on any atom is 0.336 e. The number of rotatable bonds is 5. The van der Waals surface area contributed by atoms with Crippen LogP contribution in [-0.2, 0) is 23.9 Å². The van der Waals surface area contributed by atoms with E-state index in [1.807, 2.05) is 0 Å². The largest absolute Gasteiger partial charge is 0.468 e. The number of hydrogen-bond acceptors (Lipinski definition) is 7. The van der Waals surface area contributed by atoms with Crippen molar-refractivity contribution in [3.05, 3.63) is 45.1 Å². The number of nitrogens with one attached hydrogen (secondary N) is 1. The molecule has 0 saturated carbocycles. The molecule has 10 heteroatoms. The van der Waals surface area contributed by atoms with Crippen LogP contribution < -0.4 is 5.32 Å². The van der Waals surface area contributed by atoms with E-state index < -0.39 is 23.8 Å². The fourth-order valence-corrected chi connectivity index (χ4v) is 4.77. The number of ether oxygens (including phenoxy) is 2. The van der Waals surface area contributed by atoms with Crippen molar-refractivity contribution in [3.63, 3.8) is 0 Å². The van der Waals surface area contributed by atoms with Crippen molar-refractivity contribution in [2.24, 2.45) is 10.9 Å². The lowest BCUT2D eigenvalue weighted by Crippen LogP contribution is -2.46. The Balaban J connectivity index is 2.17. The highest BCUT2D eigenvalue weighted by atomic mass is 35.5. The topological polar surface area (TPSA) is 97.3 Å². The fraction of sp³-hybridized carbons (Fsp3) is 0.455. The van der Waals surface area contributed by atoms with Crippen LogP contribution in [0.4, 0.5) is 0 Å². The molecule has 1 amide bonds. The Hall–Kier alpha value is -2.42. The Morgan fingerprint density at radius 3 is 2.31 bits per heavy atom. The van der Waals surface area contributed by atoms with Crippen LogP contribution in [0.25, 0.3) is 0 Å². The highest BCUT2D eigenvalue weighted by molar-refractivity contribution is 6.36. The van der Waals surface area contributed by atoms with Gasteiger partial charge in [0.2, 0.25) is 5.91 Å². The maximum absolute atomic E-state index is 13.0. The predicted molar refractivity (Wildman–Crippen MR) is 121 cm³/mol. The third kappa shape index (κ3) is 4.82. The van der Waals surface area contributed by atoms with Crippen molar-refractivity contribution >= 4 is 46.8 Å². The quantitative estimate of drug-likeness (QED) is 0.649. The molecule has 1 N–H and O–H groups in total. The van der Waals surface area contributed by atoms with Crippen LogP contribution in [0.5, 0.6) is 0 Å². The van der Waals surface area contributed by atoms with Crippen molar-refractivity contribution in [1.29, 1.82) is 0 Å². The summed E-state index contributed by atoms with van der Waals surface area (Å²) in [5, 5.41) is 3.75. The Labute approximate surface area is 196 Å². The first kappa shape index (κ1) is 24.2. The van der Waals surface area contributed by atoms with Crippen LogP contribution >= 0.6 is 23.2 Å². The van der Waals surface area contributed by atoms with Crippen LogP contribution in [-0.4, -0.2) is 68.9 Å². The zero-order valence-electron chi connectivity index (χ0n) is 18.1. The molecule has 1 aromatic carbocycles. The maximum atomic E-state index is 13.0. The Morgan fingerprint density at radius 2 is 1.75 bits per heavy atom. The van der Waals surface area contributed by atoms with E-state index in [0.29, 0.717) is 37.5 Å². The van der Waals surface area contributed by atoms with Crippen LogP contribution in [0, 0.1) is 5.92 Å². The molecular formula is C22H25Cl2N3O5. The van der Waals surface area contributed by atoms with Crippen LogP contribution in [0.3, 0.4) is 0 Å². The molecule has 2 aliphatic rings. The van der Waals surface area contributed by atoms with Crippen molar-refractivity contribution in [2.75, 3.05) is 40.4 Å². The van der Waals surface area contributed by atoms with Gasteiger partial charge in [0, 0.05) is 47.9 Å². The monoisotopic (exact) mass is 481 g/mol. The Bertz CT molecular complexity index is 966. The van der Waals surface area contributed by atoms with Gasteiger partial charge in [-0.15, -0.1) is 0 Å². The van der Waals surface area contributed by atoms with Gasteiger partial charge in [-0.1, -0.05) is 29.3 Å². The zero-order chi connectivity index (χ0) is 23.4. The summed E-state index contributed by atoms with van der Waals surface area (Å²) >= 11 is 13.0. The molecule has 1 fully saturated rings. The number of piperazine rings is 1. The van der Waals surface area contributed by atoms with Gasteiger partial charge in [-0.25, -0.2) is 4.79 Å². The number of methoxy groups -OCH3 is 2. The summed E-state index contributed by atoms with van der Waals surface area (Å²) < 4.78 is 10.0. The number of aliphatic imine (C=N–C) groups is 1. The first-order valence-electron chi connectivity index (χ1n) is 10.2. The third-order valence-corrected chi connectivity index (χ3v) is 6.34. The van der Waals surface area contributed by atoms with Gasteiger partial charge in [0.25, 0.3) is 0 Å². The lowest BCUT2D eigenvalue weighted by molar-refractivity contribution is -0.143. The second-order valence-corrected chi connectivity index (χ2v) is 8.34. The van der Waals surface area contributed by atoms with Gasteiger partial charge < -0.3 is 19.7 Å². The van der Waals surface area contributed by atoms with Crippen LogP contribution in [0.15, 0.2) is 34.5 Å². The number of nitrogens with zero attached hydrogens (tertiary/aromatic N) is 2. The van der Waals surface area contributed by atoms with E-state index in [4.69, 9.17) is 32.7 Å². The van der Waals surface area contributed by atoms with Gasteiger partial charge in [0.1, 0.15) is 5.92 Å². The third-order valence-electron chi connectivity index (χ3n) is 5.68. The lowest BCUT2D eigenvalue weighted by atomic mass is 9.75. The summed E-state index contributed by atoms with van der Waals surface area (Å²) in [5.41, 5.74) is 1.09. The SMILES string of the molecule is COC(=O)C1=C(CC(=O)N2CCNCC2)N=C(C)C(C(=O)OC)C1c1c(Cl)cccc1Cl. The normalized spacial score (nSPS) is 21.2. The average Bonchev–Trinajstić information content (AvgIpc) is 2.78. The molecule has 32 heavy (non-hydrogen) atoms. The lowest BCUT2D eigenvalue weighted by Gasteiger charge is -2.33. The molecule has 1 aromatic rings. The van der Waals surface area contributed by atoms with E-state index in [-0.39, 0.29) is 33.6 Å². The minimum Gasteiger partial charge on any atom is -0.468 e. The molecule has 2 unspecified atom stereocenters. The number of carbonyl (C=O) groups excluding carboxylic acids is 3. The summed E-state index contributed by atoms with van der Waals surface area (Å²) in [6.07, 6.45) is -0.117. The van der Waals surface area contributed by atoms with Crippen molar-refractivity contribution < 1.29 is 23.9 Å². The van der Waals surface area contributed by atoms with Gasteiger partial charge in [-0.3, -0.25) is 14.6 Å². The predicted octanol–water partition coefficient (Wildman–Crippen LogP) is 2.59. The second kappa shape index (κ2) is 10.5. The first-order chi connectivity index (χ1) is 15.3. The van der Waals surface area contributed by atoms with Crippen LogP contribution in [0.1, 0.15) is 24.8 Å². The highest BCUT2D eigenvalue weighted by Gasteiger charge is 2.44. The van der Waals surface area contributed by atoms with Gasteiger partial charge in [0.15, 0.2) is 0 Å². The van der Waals surface area contributed by atoms with Gasteiger partial charge >= 0.3 is 11.9 Å². The molecule has 2 heterocycles. The number of hydrogen-bond donors (Lipinski definition) is 1. The molecule has 0 bridgehead atoms. The standard InChI is InChI=1S/C22H25Cl2N3O5/c1-12-17(21(29)31-2)20(18-13(23)5-4-6-14(18)24)19(22(30)32-3)15(26-12)11-16(28)27-9-7-25-8-10-27/h4-6,17,20,25H,7-11H2,1-3H3. The smallest absolute Gasteiger partial charge is 0.336 e. The Morgan fingerprint density at radius 1 is 1.12 bits per heavy atom. The molecule has 0 aromatic heterocycles. The molecular weight excluding hydrogens is 457 g/mol. The number of halogens is 2. The minimum absolute atomic E-state index is 0.0759. The zero-order valence-corrected chi connectivity index (χ0v) is 19.6. The molecule has 0 aliphatic carbocycles. The number of amides is 1. The molecule has 0 radical (unpaired) electrons. The van der Waals surface area contributed by atoms with E-state index in [9.17, 15) is 14.4 Å². The number of esters is 2. The van der Waals surface area contributed by atoms with Crippen LogP contribution in [0.2, 0.25) is 10.0 Å². The number of carbonyl (C=O) groups is 3. The van der Waals surface area contributed by atoms with Gasteiger partial charge in [-0.2, -0.15) is 0 Å². The molecule has 1 saturated heterocycles. The molecule has 2 aliphatic heterocycles. The molecule has 0 spiro atoms. The summed E-state index contributed by atoms with van der Waals surface area (Å²) in [7, 11) is 2.49. The first-order valence-corrected chi connectivity index (χ1v) is 10.9. The highest BCUT2D eigenvalue weighted by Crippen LogP contribution is 2.45. The van der Waals surface area contributed by atoms with E-state index in [2.05, 4.69) is 10.3 Å². The molecule has 8 nitrogen and oxygen atoms in total. The minimum atomic E-state index is -0.954. The average molecular weight is 482 g/mol. The summed E-state index contributed by atoms with van der Waals surface area (Å²) in [5.74, 6) is -3.34. The van der Waals surface area contributed by atoms with Gasteiger partial charge in [0.05, 0.1) is 31.9 Å². The van der Waals surface area contributed by atoms with Crippen molar-refractivity contribution in [3.8, 4) is 0 Å². The molecule has 172 valence electrons.